The number of rotatable bonds is 4. The molecule has 2 N–H and O–H groups in total. The Kier molecular flexibility index (Phi) is 4.62. The van der Waals surface area contributed by atoms with Gasteiger partial charge in [-0.05, 0) is 37.3 Å². The molecule has 0 aliphatic heterocycles. The lowest BCUT2D eigenvalue weighted by Crippen LogP contribution is -2.09. The van der Waals surface area contributed by atoms with E-state index in [2.05, 4.69) is 20.3 Å². The number of amides is 1. The summed E-state index contributed by atoms with van der Waals surface area (Å²) in [5.74, 6) is 0.263. The summed E-state index contributed by atoms with van der Waals surface area (Å²) >= 11 is 1.47. The van der Waals surface area contributed by atoms with E-state index in [1.807, 2.05) is 5.38 Å². The predicted molar refractivity (Wildman–Crippen MR) is 94.8 cm³/mol. The Morgan fingerprint density at radius 1 is 1.29 bits per heavy atom. The first-order valence-corrected chi connectivity index (χ1v) is 8.10. The number of aromatic nitrogens is 3. The van der Waals surface area contributed by atoms with Crippen molar-refractivity contribution in [2.45, 2.75) is 6.92 Å². The van der Waals surface area contributed by atoms with Crippen molar-refractivity contribution in [3.8, 4) is 11.4 Å². The molecule has 120 valence electrons. The van der Waals surface area contributed by atoms with Crippen molar-refractivity contribution < 1.29 is 4.79 Å². The summed E-state index contributed by atoms with van der Waals surface area (Å²) in [5.41, 5.74) is 4.34. The van der Waals surface area contributed by atoms with E-state index in [4.69, 9.17) is 0 Å². The Morgan fingerprint density at radius 3 is 2.75 bits per heavy atom. The zero-order valence-corrected chi connectivity index (χ0v) is 13.6. The van der Waals surface area contributed by atoms with Crippen LogP contribution in [0.25, 0.3) is 17.5 Å². The number of hydrogen-bond acceptors (Lipinski definition) is 5. The van der Waals surface area contributed by atoms with E-state index in [9.17, 15) is 9.59 Å². The van der Waals surface area contributed by atoms with Crippen LogP contribution in [0.4, 0.5) is 5.69 Å². The molecule has 0 atom stereocenters. The van der Waals surface area contributed by atoms with Gasteiger partial charge in [0.25, 0.3) is 5.56 Å². The lowest BCUT2D eigenvalue weighted by atomic mass is 10.2. The van der Waals surface area contributed by atoms with Gasteiger partial charge in [-0.15, -0.1) is 11.3 Å². The molecule has 0 saturated carbocycles. The number of nitrogens with zero attached hydrogens (tertiary/aromatic N) is 2. The molecule has 0 spiro atoms. The monoisotopic (exact) mass is 338 g/mol. The Balaban J connectivity index is 1.70. The highest BCUT2D eigenvalue weighted by Crippen LogP contribution is 2.17. The number of carbonyl (C=O) groups excluding carboxylic acids is 1. The summed E-state index contributed by atoms with van der Waals surface area (Å²) in [5, 5.41) is 4.62. The van der Waals surface area contributed by atoms with Crippen molar-refractivity contribution in [3.05, 3.63) is 69.0 Å². The van der Waals surface area contributed by atoms with Crippen molar-refractivity contribution in [2.24, 2.45) is 0 Å². The van der Waals surface area contributed by atoms with Crippen LogP contribution in [0.1, 0.15) is 11.4 Å². The van der Waals surface area contributed by atoms with Crippen LogP contribution in [0.3, 0.4) is 0 Å². The second-order valence-corrected chi connectivity index (χ2v) is 5.77. The first-order chi connectivity index (χ1) is 11.6. The molecular weight excluding hydrogens is 324 g/mol. The molecule has 2 heterocycles. The van der Waals surface area contributed by atoms with Crippen LogP contribution in [0.15, 0.2) is 52.1 Å². The number of benzene rings is 1. The van der Waals surface area contributed by atoms with Gasteiger partial charge in [-0.3, -0.25) is 9.59 Å². The van der Waals surface area contributed by atoms with Gasteiger partial charge in [-0.2, -0.15) is 0 Å². The van der Waals surface area contributed by atoms with Crippen molar-refractivity contribution in [3.63, 3.8) is 0 Å². The van der Waals surface area contributed by atoms with E-state index in [0.29, 0.717) is 17.2 Å². The fraction of sp³-hybridized carbons (Fsp3) is 0.0588. The van der Waals surface area contributed by atoms with Crippen LogP contribution in [-0.4, -0.2) is 20.9 Å². The summed E-state index contributed by atoms with van der Waals surface area (Å²) in [6.45, 7) is 1.77. The molecule has 3 aromatic rings. The third-order valence-electron chi connectivity index (χ3n) is 3.15. The summed E-state index contributed by atoms with van der Waals surface area (Å²) in [6, 6.07) is 8.53. The third-order valence-corrected chi connectivity index (χ3v) is 3.76. The Hall–Kier alpha value is -3.06. The van der Waals surface area contributed by atoms with Crippen LogP contribution >= 0.6 is 11.3 Å². The quantitative estimate of drug-likeness (QED) is 0.716. The number of aromatic amines is 1. The molecule has 7 heteroatoms. The number of nitrogens with one attached hydrogen (secondary N) is 2. The molecule has 2 aromatic heterocycles. The smallest absolute Gasteiger partial charge is 0.251 e. The predicted octanol–water partition coefficient (Wildman–Crippen LogP) is 2.85. The van der Waals surface area contributed by atoms with Gasteiger partial charge >= 0.3 is 0 Å². The first-order valence-electron chi connectivity index (χ1n) is 7.16. The first kappa shape index (κ1) is 15.8. The molecule has 3 rings (SSSR count). The molecule has 0 fully saturated rings. The third kappa shape index (κ3) is 4.02. The molecule has 0 unspecified atom stereocenters. The molecule has 0 aliphatic rings. The maximum Gasteiger partial charge on any atom is 0.251 e. The zero-order chi connectivity index (χ0) is 16.9. The molecule has 0 bridgehead atoms. The highest BCUT2D eigenvalue weighted by atomic mass is 32.1. The largest absolute Gasteiger partial charge is 0.323 e. The number of thiazole rings is 1. The van der Waals surface area contributed by atoms with E-state index < -0.39 is 0 Å². The second-order valence-electron chi connectivity index (χ2n) is 5.05. The molecule has 1 amide bonds. The fourth-order valence-electron chi connectivity index (χ4n) is 2.08. The zero-order valence-electron chi connectivity index (χ0n) is 12.8. The molecule has 0 saturated heterocycles. The van der Waals surface area contributed by atoms with Gasteiger partial charge in [0, 0.05) is 34.5 Å². The van der Waals surface area contributed by atoms with Crippen molar-refractivity contribution in [1.82, 2.24) is 15.0 Å². The Bertz CT molecular complexity index is 928. The van der Waals surface area contributed by atoms with Crippen molar-refractivity contribution in [1.29, 1.82) is 0 Å². The van der Waals surface area contributed by atoms with Crippen LogP contribution in [-0.2, 0) is 4.79 Å². The van der Waals surface area contributed by atoms with Crippen molar-refractivity contribution >= 4 is 29.0 Å². The standard InChI is InChI=1S/C17H14N4O2S/c1-11-8-16(23)21-17(19-11)12-2-4-13(5-3-12)20-15(22)7-6-14-9-24-10-18-14/h2-10H,1H3,(H,20,22)(H,19,21,23). The van der Waals surface area contributed by atoms with E-state index in [-0.39, 0.29) is 11.5 Å². The van der Waals surface area contributed by atoms with Gasteiger partial charge in [0.15, 0.2) is 0 Å². The minimum Gasteiger partial charge on any atom is -0.323 e. The summed E-state index contributed by atoms with van der Waals surface area (Å²) in [4.78, 5) is 34.4. The number of carbonyl (C=O) groups is 1. The minimum absolute atomic E-state index is 0.193. The SMILES string of the molecule is Cc1cc(=O)[nH]c(-c2ccc(NC(=O)C=Cc3cscn3)cc2)n1. The highest BCUT2D eigenvalue weighted by Gasteiger charge is 2.03. The second kappa shape index (κ2) is 7.01. The maximum absolute atomic E-state index is 11.9. The molecule has 6 nitrogen and oxygen atoms in total. The number of aryl methyl sites for hydroxylation is 1. The molecular formula is C17H14N4O2S. The van der Waals surface area contributed by atoms with Gasteiger partial charge in [0.2, 0.25) is 5.91 Å². The average Bonchev–Trinajstić information content (AvgIpc) is 3.06. The molecule has 24 heavy (non-hydrogen) atoms. The highest BCUT2D eigenvalue weighted by molar-refractivity contribution is 7.07. The number of hydrogen-bond donors (Lipinski definition) is 2. The number of H-pyrrole nitrogens is 1. The van der Waals surface area contributed by atoms with Gasteiger partial charge in [-0.25, -0.2) is 9.97 Å². The fourth-order valence-corrected chi connectivity index (χ4v) is 2.60. The van der Waals surface area contributed by atoms with Gasteiger partial charge in [0.1, 0.15) is 5.82 Å². The lowest BCUT2D eigenvalue weighted by molar-refractivity contribution is -0.111. The van der Waals surface area contributed by atoms with Crippen LogP contribution in [0, 0.1) is 6.92 Å². The molecule has 0 aliphatic carbocycles. The summed E-state index contributed by atoms with van der Waals surface area (Å²) < 4.78 is 0. The molecule has 1 aromatic carbocycles. The Labute approximate surface area is 141 Å². The van der Waals surface area contributed by atoms with Crippen LogP contribution in [0.5, 0.6) is 0 Å². The van der Waals surface area contributed by atoms with E-state index in [0.717, 1.165) is 11.3 Å². The van der Waals surface area contributed by atoms with Crippen LogP contribution < -0.4 is 10.9 Å². The molecule has 0 radical (unpaired) electrons. The van der Waals surface area contributed by atoms with Gasteiger partial charge < -0.3 is 10.3 Å². The maximum atomic E-state index is 11.9. The van der Waals surface area contributed by atoms with Gasteiger partial charge in [0.05, 0.1) is 11.2 Å². The lowest BCUT2D eigenvalue weighted by Gasteiger charge is -2.05. The van der Waals surface area contributed by atoms with E-state index >= 15 is 0 Å². The summed E-state index contributed by atoms with van der Waals surface area (Å²) in [7, 11) is 0. The average molecular weight is 338 g/mol. The topological polar surface area (TPSA) is 87.7 Å². The summed E-state index contributed by atoms with van der Waals surface area (Å²) in [6.07, 6.45) is 3.09. The van der Waals surface area contributed by atoms with Crippen LogP contribution in [0.2, 0.25) is 0 Å². The van der Waals surface area contributed by atoms with Gasteiger partial charge in [-0.1, -0.05) is 0 Å². The number of anilines is 1. The normalized spacial score (nSPS) is 10.9. The Morgan fingerprint density at radius 2 is 2.08 bits per heavy atom. The van der Waals surface area contributed by atoms with Crippen molar-refractivity contribution in [2.75, 3.05) is 5.32 Å². The van der Waals surface area contributed by atoms with E-state index in [1.54, 1.807) is 42.8 Å². The van der Waals surface area contributed by atoms with E-state index in [1.165, 1.54) is 23.5 Å². The minimum atomic E-state index is -0.238.